The molecular weight excluding hydrogens is 288 g/mol. The molecule has 1 N–H and O–H groups in total. The highest BCUT2D eigenvalue weighted by molar-refractivity contribution is 7.22. The number of rotatable bonds is 7. The molecule has 1 aromatic carbocycles. The highest BCUT2D eigenvalue weighted by atomic mass is 35.5. The fourth-order valence-electron chi connectivity index (χ4n) is 2.25. The molecule has 0 radical (unpaired) electrons. The highest BCUT2D eigenvalue weighted by Gasteiger charge is 2.18. The molecule has 0 aliphatic rings. The van der Waals surface area contributed by atoms with Crippen molar-refractivity contribution in [2.45, 2.75) is 46.5 Å². The molecule has 0 aliphatic carbocycles. The number of benzene rings is 1. The Hall–Kier alpha value is -0.800. The number of nitrogens with zero attached hydrogens (tertiary/aromatic N) is 1. The van der Waals surface area contributed by atoms with Crippen LogP contribution < -0.4 is 5.32 Å². The Kier molecular flexibility index (Phi) is 5.28. The van der Waals surface area contributed by atoms with E-state index in [0.29, 0.717) is 5.41 Å². The van der Waals surface area contributed by atoms with Crippen molar-refractivity contribution < 1.29 is 0 Å². The molecule has 1 heterocycles. The van der Waals surface area contributed by atoms with Gasteiger partial charge in [-0.2, -0.15) is 0 Å². The maximum Gasteiger partial charge on any atom is 0.183 e. The van der Waals surface area contributed by atoms with Crippen LogP contribution in [0.3, 0.4) is 0 Å². The quantitative estimate of drug-likeness (QED) is 0.637. The van der Waals surface area contributed by atoms with E-state index in [9.17, 15) is 0 Å². The monoisotopic (exact) mass is 310 g/mol. The van der Waals surface area contributed by atoms with Gasteiger partial charge in [0.1, 0.15) is 0 Å². The Labute approximate surface area is 130 Å². The van der Waals surface area contributed by atoms with Crippen molar-refractivity contribution in [3.8, 4) is 0 Å². The van der Waals surface area contributed by atoms with Gasteiger partial charge < -0.3 is 5.32 Å². The van der Waals surface area contributed by atoms with Gasteiger partial charge in [-0.1, -0.05) is 69.0 Å². The van der Waals surface area contributed by atoms with Crippen LogP contribution in [-0.4, -0.2) is 11.5 Å². The Morgan fingerprint density at radius 3 is 2.80 bits per heavy atom. The van der Waals surface area contributed by atoms with Crippen LogP contribution in [-0.2, 0) is 0 Å². The zero-order chi connectivity index (χ0) is 14.6. The first-order valence-corrected chi connectivity index (χ1v) is 8.50. The van der Waals surface area contributed by atoms with Gasteiger partial charge in [0.15, 0.2) is 5.13 Å². The summed E-state index contributed by atoms with van der Waals surface area (Å²) in [6.07, 6.45) is 5.15. The van der Waals surface area contributed by atoms with E-state index in [4.69, 9.17) is 11.6 Å². The summed E-state index contributed by atoms with van der Waals surface area (Å²) in [7, 11) is 0. The van der Waals surface area contributed by atoms with Crippen LogP contribution in [0, 0.1) is 5.41 Å². The Morgan fingerprint density at radius 2 is 2.10 bits per heavy atom. The lowest BCUT2D eigenvalue weighted by Crippen LogP contribution is -2.22. The third-order valence-electron chi connectivity index (χ3n) is 3.54. The summed E-state index contributed by atoms with van der Waals surface area (Å²) in [5, 5.41) is 5.23. The van der Waals surface area contributed by atoms with E-state index >= 15 is 0 Å². The Bertz CT molecular complexity index is 563. The number of thiazole rings is 1. The first-order chi connectivity index (χ1) is 9.52. The van der Waals surface area contributed by atoms with Crippen molar-refractivity contribution in [3.05, 3.63) is 23.2 Å². The molecule has 0 saturated heterocycles. The van der Waals surface area contributed by atoms with Crippen LogP contribution in [0.1, 0.15) is 46.5 Å². The van der Waals surface area contributed by atoms with Crippen LogP contribution in [0.15, 0.2) is 18.2 Å². The number of aromatic nitrogens is 1. The number of unbranched alkanes of at least 4 members (excludes halogenated alkanes) is 2. The average molecular weight is 311 g/mol. The van der Waals surface area contributed by atoms with Gasteiger partial charge >= 0.3 is 0 Å². The number of nitrogens with one attached hydrogen (secondary N) is 1. The minimum absolute atomic E-state index is 0.302. The summed E-state index contributed by atoms with van der Waals surface area (Å²) in [4.78, 5) is 4.60. The maximum atomic E-state index is 6.19. The van der Waals surface area contributed by atoms with Gasteiger partial charge in [0.25, 0.3) is 0 Å². The first-order valence-electron chi connectivity index (χ1n) is 7.31. The van der Waals surface area contributed by atoms with Gasteiger partial charge in [-0.05, 0) is 24.0 Å². The van der Waals surface area contributed by atoms with Gasteiger partial charge in [-0.15, -0.1) is 0 Å². The smallest absolute Gasteiger partial charge is 0.183 e. The minimum Gasteiger partial charge on any atom is -0.361 e. The topological polar surface area (TPSA) is 24.9 Å². The molecule has 110 valence electrons. The average Bonchev–Trinajstić information content (AvgIpc) is 2.81. The summed E-state index contributed by atoms with van der Waals surface area (Å²) in [5.41, 5.74) is 1.28. The number of hydrogen-bond acceptors (Lipinski definition) is 3. The summed E-state index contributed by atoms with van der Waals surface area (Å²) < 4.78 is 1.07. The van der Waals surface area contributed by atoms with E-state index in [1.165, 1.54) is 25.7 Å². The SMILES string of the molecule is CCCCCC(C)(C)CNc1nc2cccc(Cl)c2s1. The number of anilines is 1. The molecule has 0 bridgehead atoms. The fraction of sp³-hybridized carbons (Fsp3) is 0.562. The summed E-state index contributed by atoms with van der Waals surface area (Å²) in [5.74, 6) is 0. The second-order valence-electron chi connectivity index (χ2n) is 6.08. The van der Waals surface area contributed by atoms with Crippen LogP contribution >= 0.6 is 22.9 Å². The summed E-state index contributed by atoms with van der Waals surface area (Å²) in [6.45, 7) is 7.83. The first kappa shape index (κ1) is 15.6. The van der Waals surface area contributed by atoms with Gasteiger partial charge in [-0.3, -0.25) is 0 Å². The predicted octanol–water partition coefficient (Wildman–Crippen LogP) is 5.97. The van der Waals surface area contributed by atoms with Crippen molar-refractivity contribution in [2.24, 2.45) is 5.41 Å². The third kappa shape index (κ3) is 4.10. The van der Waals surface area contributed by atoms with Gasteiger partial charge in [0.2, 0.25) is 0 Å². The molecule has 2 nitrogen and oxygen atoms in total. The molecule has 2 rings (SSSR count). The van der Waals surface area contributed by atoms with Gasteiger partial charge in [0.05, 0.1) is 15.2 Å². The largest absolute Gasteiger partial charge is 0.361 e. The maximum absolute atomic E-state index is 6.19. The second kappa shape index (κ2) is 6.77. The fourth-order valence-corrected chi connectivity index (χ4v) is 3.40. The van der Waals surface area contributed by atoms with E-state index in [1.54, 1.807) is 11.3 Å². The molecular formula is C16H23ClN2S. The van der Waals surface area contributed by atoms with Crippen molar-refractivity contribution in [2.75, 3.05) is 11.9 Å². The normalized spacial score (nSPS) is 12.0. The van der Waals surface area contributed by atoms with E-state index in [0.717, 1.165) is 26.9 Å². The molecule has 0 atom stereocenters. The van der Waals surface area contributed by atoms with Crippen LogP contribution in [0.2, 0.25) is 5.02 Å². The minimum atomic E-state index is 0.302. The van der Waals surface area contributed by atoms with E-state index in [-0.39, 0.29) is 0 Å². The molecule has 1 aromatic heterocycles. The lowest BCUT2D eigenvalue weighted by atomic mass is 9.87. The zero-order valence-corrected chi connectivity index (χ0v) is 14.1. The number of halogens is 1. The lowest BCUT2D eigenvalue weighted by molar-refractivity contribution is 0.342. The highest BCUT2D eigenvalue weighted by Crippen LogP contribution is 2.32. The van der Waals surface area contributed by atoms with Gasteiger partial charge in [0, 0.05) is 6.54 Å². The van der Waals surface area contributed by atoms with Gasteiger partial charge in [-0.25, -0.2) is 4.98 Å². The molecule has 0 unspecified atom stereocenters. The standard InChI is InChI=1S/C16H23ClN2S/c1-4-5-6-10-16(2,3)11-18-15-19-13-9-7-8-12(17)14(13)20-15/h7-9H,4-6,10-11H2,1-3H3,(H,18,19). The van der Waals surface area contributed by atoms with E-state index in [1.807, 2.05) is 18.2 Å². The predicted molar refractivity (Wildman–Crippen MR) is 91.0 cm³/mol. The number of hydrogen-bond donors (Lipinski definition) is 1. The zero-order valence-electron chi connectivity index (χ0n) is 12.5. The summed E-state index contributed by atoms with van der Waals surface area (Å²) in [6, 6.07) is 5.87. The molecule has 0 fully saturated rings. The van der Waals surface area contributed by atoms with Crippen molar-refractivity contribution >= 4 is 38.3 Å². The van der Waals surface area contributed by atoms with Crippen molar-refractivity contribution in [1.29, 1.82) is 0 Å². The van der Waals surface area contributed by atoms with E-state index in [2.05, 4.69) is 31.1 Å². The molecule has 0 amide bonds. The van der Waals surface area contributed by atoms with Crippen LogP contribution in [0.25, 0.3) is 10.2 Å². The summed E-state index contributed by atoms with van der Waals surface area (Å²) >= 11 is 7.83. The molecule has 0 saturated carbocycles. The number of fused-ring (bicyclic) bond motifs is 1. The molecule has 0 spiro atoms. The van der Waals surface area contributed by atoms with Crippen LogP contribution in [0.4, 0.5) is 5.13 Å². The lowest BCUT2D eigenvalue weighted by Gasteiger charge is -2.24. The molecule has 0 aliphatic heterocycles. The van der Waals surface area contributed by atoms with Crippen LogP contribution in [0.5, 0.6) is 0 Å². The Balaban J connectivity index is 1.96. The van der Waals surface area contributed by atoms with Crippen molar-refractivity contribution in [3.63, 3.8) is 0 Å². The van der Waals surface area contributed by atoms with E-state index < -0.39 is 0 Å². The van der Waals surface area contributed by atoms with Crippen molar-refractivity contribution in [1.82, 2.24) is 4.98 Å². The molecule has 2 aromatic rings. The molecule has 4 heteroatoms. The third-order valence-corrected chi connectivity index (χ3v) is 5.03. The molecule has 20 heavy (non-hydrogen) atoms. The Morgan fingerprint density at radius 1 is 1.30 bits per heavy atom. The second-order valence-corrected chi connectivity index (χ2v) is 7.49.